The Balaban J connectivity index is 2.34. The summed E-state index contributed by atoms with van der Waals surface area (Å²) < 4.78 is 1.19. The van der Waals surface area contributed by atoms with Crippen LogP contribution in [0.2, 0.25) is 0 Å². The Bertz CT molecular complexity index is 322. The van der Waals surface area contributed by atoms with Crippen molar-refractivity contribution in [2.75, 3.05) is 18.0 Å². The number of hydrogen-bond donors (Lipinski definition) is 0. The number of rotatable bonds is 1. The molecule has 14 heavy (non-hydrogen) atoms. The predicted octanol–water partition coefficient (Wildman–Crippen LogP) is 2.30. The lowest BCUT2D eigenvalue weighted by atomic mass is 10.3. The number of aromatic nitrogens is 2. The highest BCUT2D eigenvalue weighted by atomic mass is 127. The molecular formula is C10H14IN3. The summed E-state index contributed by atoms with van der Waals surface area (Å²) >= 11 is 2.31. The topological polar surface area (TPSA) is 29.0 Å². The van der Waals surface area contributed by atoms with Gasteiger partial charge in [0.15, 0.2) is 0 Å². The lowest BCUT2D eigenvalue weighted by Crippen LogP contribution is -2.21. The molecule has 76 valence electrons. The predicted molar refractivity (Wildman–Crippen MR) is 65.7 cm³/mol. The monoisotopic (exact) mass is 303 g/mol. The number of anilines is 1. The van der Waals surface area contributed by atoms with Gasteiger partial charge in [-0.3, -0.25) is 0 Å². The maximum Gasteiger partial charge on any atom is 0.225 e. The molecule has 1 aromatic heterocycles. The molecule has 0 saturated carbocycles. The molecule has 1 aliphatic heterocycles. The van der Waals surface area contributed by atoms with Crippen LogP contribution >= 0.6 is 22.6 Å². The average molecular weight is 303 g/mol. The lowest BCUT2D eigenvalue weighted by molar-refractivity contribution is 0.873. The van der Waals surface area contributed by atoms with Crippen LogP contribution < -0.4 is 4.90 Å². The van der Waals surface area contributed by atoms with Gasteiger partial charge < -0.3 is 4.90 Å². The Labute approximate surface area is 98.1 Å². The van der Waals surface area contributed by atoms with Gasteiger partial charge in [-0.05, 0) is 49.3 Å². The van der Waals surface area contributed by atoms with E-state index in [1.807, 2.05) is 0 Å². The van der Waals surface area contributed by atoms with Crippen LogP contribution in [-0.2, 0) is 0 Å². The fourth-order valence-corrected chi connectivity index (χ4v) is 1.98. The van der Waals surface area contributed by atoms with Crippen LogP contribution in [0.5, 0.6) is 0 Å². The van der Waals surface area contributed by atoms with Crippen molar-refractivity contribution in [2.45, 2.75) is 26.7 Å². The van der Waals surface area contributed by atoms with Crippen LogP contribution in [0.3, 0.4) is 0 Å². The van der Waals surface area contributed by atoms with Crippen molar-refractivity contribution in [1.29, 1.82) is 0 Å². The van der Waals surface area contributed by atoms with Gasteiger partial charge in [0.25, 0.3) is 0 Å². The molecule has 0 bridgehead atoms. The van der Waals surface area contributed by atoms with Gasteiger partial charge in [0, 0.05) is 13.1 Å². The van der Waals surface area contributed by atoms with E-state index in [-0.39, 0.29) is 0 Å². The normalized spacial score (nSPS) is 16.4. The summed E-state index contributed by atoms with van der Waals surface area (Å²) in [6, 6.07) is 0. The number of nitrogens with zero attached hydrogens (tertiary/aromatic N) is 3. The van der Waals surface area contributed by atoms with Crippen LogP contribution in [0.4, 0.5) is 5.95 Å². The van der Waals surface area contributed by atoms with E-state index in [1.54, 1.807) is 0 Å². The summed E-state index contributed by atoms with van der Waals surface area (Å²) in [6.45, 7) is 6.32. The third kappa shape index (κ3) is 1.85. The van der Waals surface area contributed by atoms with Crippen molar-refractivity contribution in [2.24, 2.45) is 0 Å². The number of halogens is 1. The Morgan fingerprint density at radius 1 is 1.07 bits per heavy atom. The van der Waals surface area contributed by atoms with Crippen molar-refractivity contribution in [1.82, 2.24) is 9.97 Å². The van der Waals surface area contributed by atoms with E-state index in [0.29, 0.717) is 0 Å². The summed E-state index contributed by atoms with van der Waals surface area (Å²) in [5, 5.41) is 0. The molecule has 0 radical (unpaired) electrons. The van der Waals surface area contributed by atoms with Crippen LogP contribution in [0.25, 0.3) is 0 Å². The van der Waals surface area contributed by atoms with Crippen LogP contribution in [0.15, 0.2) is 0 Å². The van der Waals surface area contributed by atoms with Crippen LogP contribution in [0.1, 0.15) is 24.2 Å². The number of aryl methyl sites for hydroxylation is 2. The Morgan fingerprint density at radius 3 is 2.07 bits per heavy atom. The quantitative estimate of drug-likeness (QED) is 0.746. The summed E-state index contributed by atoms with van der Waals surface area (Å²) in [7, 11) is 0. The van der Waals surface area contributed by atoms with Gasteiger partial charge in [-0.15, -0.1) is 0 Å². The van der Waals surface area contributed by atoms with Crippen molar-refractivity contribution in [3.63, 3.8) is 0 Å². The maximum absolute atomic E-state index is 4.52. The van der Waals surface area contributed by atoms with Gasteiger partial charge in [-0.1, -0.05) is 0 Å². The van der Waals surface area contributed by atoms with E-state index >= 15 is 0 Å². The minimum atomic E-state index is 0.915. The Hall–Kier alpha value is -0.390. The zero-order valence-electron chi connectivity index (χ0n) is 8.55. The molecule has 1 saturated heterocycles. The summed E-state index contributed by atoms with van der Waals surface area (Å²) in [5.41, 5.74) is 2.19. The smallest absolute Gasteiger partial charge is 0.225 e. The average Bonchev–Trinajstić information content (AvgIpc) is 2.66. The Kier molecular flexibility index (Phi) is 2.90. The molecule has 0 unspecified atom stereocenters. The first-order valence-corrected chi connectivity index (χ1v) is 6.02. The molecule has 1 fully saturated rings. The molecule has 0 spiro atoms. The van der Waals surface area contributed by atoms with Gasteiger partial charge in [-0.25, -0.2) is 9.97 Å². The van der Waals surface area contributed by atoms with Gasteiger partial charge in [0.2, 0.25) is 5.95 Å². The van der Waals surface area contributed by atoms with Crippen LogP contribution in [0, 0.1) is 17.4 Å². The largest absolute Gasteiger partial charge is 0.341 e. The first-order chi connectivity index (χ1) is 6.68. The molecule has 1 aliphatic rings. The molecule has 2 heterocycles. The molecule has 0 aromatic carbocycles. The third-order valence-electron chi connectivity index (χ3n) is 2.56. The van der Waals surface area contributed by atoms with Gasteiger partial charge in [0.1, 0.15) is 0 Å². The first-order valence-electron chi connectivity index (χ1n) is 4.94. The Morgan fingerprint density at radius 2 is 1.57 bits per heavy atom. The minimum Gasteiger partial charge on any atom is -0.341 e. The van der Waals surface area contributed by atoms with E-state index < -0.39 is 0 Å². The lowest BCUT2D eigenvalue weighted by Gasteiger charge is -2.16. The summed E-state index contributed by atoms with van der Waals surface area (Å²) in [5.74, 6) is 0.915. The van der Waals surface area contributed by atoms with Gasteiger partial charge >= 0.3 is 0 Å². The fourth-order valence-electron chi connectivity index (χ4n) is 1.74. The molecule has 2 rings (SSSR count). The second-order valence-corrected chi connectivity index (χ2v) is 4.78. The van der Waals surface area contributed by atoms with E-state index in [0.717, 1.165) is 30.4 Å². The molecule has 4 heteroatoms. The van der Waals surface area contributed by atoms with E-state index in [1.165, 1.54) is 16.4 Å². The van der Waals surface area contributed by atoms with E-state index in [9.17, 15) is 0 Å². The minimum absolute atomic E-state index is 0.915. The molecule has 0 atom stereocenters. The van der Waals surface area contributed by atoms with Crippen molar-refractivity contribution in [3.8, 4) is 0 Å². The molecule has 0 aliphatic carbocycles. The highest BCUT2D eigenvalue weighted by molar-refractivity contribution is 14.1. The molecule has 0 amide bonds. The van der Waals surface area contributed by atoms with Gasteiger partial charge in [0.05, 0.1) is 15.0 Å². The second-order valence-electron chi connectivity index (χ2n) is 3.70. The summed E-state index contributed by atoms with van der Waals surface area (Å²) in [4.78, 5) is 11.3. The first kappa shape index (κ1) is 10.1. The third-order valence-corrected chi connectivity index (χ3v) is 4.12. The van der Waals surface area contributed by atoms with Crippen molar-refractivity contribution < 1.29 is 0 Å². The van der Waals surface area contributed by atoms with E-state index in [4.69, 9.17) is 0 Å². The second kappa shape index (κ2) is 4.00. The summed E-state index contributed by atoms with van der Waals surface area (Å²) in [6.07, 6.45) is 2.54. The standard InChI is InChI=1S/C10H14IN3/c1-7-9(11)8(2)13-10(12-7)14-5-3-4-6-14/h3-6H2,1-2H3. The zero-order chi connectivity index (χ0) is 10.1. The van der Waals surface area contributed by atoms with Crippen LogP contribution in [-0.4, -0.2) is 23.1 Å². The highest BCUT2D eigenvalue weighted by Gasteiger charge is 2.16. The zero-order valence-corrected chi connectivity index (χ0v) is 10.7. The SMILES string of the molecule is Cc1nc(N2CCCC2)nc(C)c1I. The molecule has 3 nitrogen and oxygen atoms in total. The highest BCUT2D eigenvalue weighted by Crippen LogP contribution is 2.20. The maximum atomic E-state index is 4.52. The molecular weight excluding hydrogens is 289 g/mol. The fraction of sp³-hybridized carbons (Fsp3) is 0.600. The molecule has 0 N–H and O–H groups in total. The van der Waals surface area contributed by atoms with E-state index in [2.05, 4.69) is 51.3 Å². The van der Waals surface area contributed by atoms with Gasteiger partial charge in [-0.2, -0.15) is 0 Å². The van der Waals surface area contributed by atoms with Crippen molar-refractivity contribution >= 4 is 28.5 Å². The molecule has 1 aromatic rings. The van der Waals surface area contributed by atoms with Crippen molar-refractivity contribution in [3.05, 3.63) is 15.0 Å². The number of hydrogen-bond acceptors (Lipinski definition) is 3.